The zero-order chi connectivity index (χ0) is 11.2. The van der Waals surface area contributed by atoms with E-state index in [9.17, 15) is 4.79 Å². The molecule has 2 fully saturated rings. The van der Waals surface area contributed by atoms with E-state index in [0.29, 0.717) is 12.3 Å². The van der Waals surface area contributed by atoms with Gasteiger partial charge in [0.15, 0.2) is 0 Å². The van der Waals surface area contributed by atoms with Gasteiger partial charge in [-0.1, -0.05) is 0 Å². The summed E-state index contributed by atoms with van der Waals surface area (Å²) in [5.74, 6) is 0.566. The van der Waals surface area contributed by atoms with Gasteiger partial charge in [0.05, 0.1) is 6.61 Å². The van der Waals surface area contributed by atoms with Crippen molar-refractivity contribution in [3.8, 4) is 0 Å². The number of amides is 1. The normalized spacial score (nSPS) is 36.5. The SMILES string of the molecule is CN1CC(C2OCC(C)(C)N2C)CC1=O. The number of nitrogens with zero attached hydrogens (tertiary/aromatic N) is 2. The van der Waals surface area contributed by atoms with Crippen molar-refractivity contribution in [2.45, 2.75) is 32.0 Å². The van der Waals surface area contributed by atoms with Crippen molar-refractivity contribution in [1.29, 1.82) is 0 Å². The maximum absolute atomic E-state index is 11.5. The van der Waals surface area contributed by atoms with Crippen LogP contribution in [0, 0.1) is 5.92 Å². The Kier molecular flexibility index (Phi) is 2.51. The molecule has 0 spiro atoms. The van der Waals surface area contributed by atoms with Crippen LogP contribution >= 0.6 is 0 Å². The lowest BCUT2D eigenvalue weighted by atomic mass is 10.0. The average Bonchev–Trinajstić information content (AvgIpc) is 2.58. The molecule has 2 aliphatic heterocycles. The van der Waals surface area contributed by atoms with Crippen molar-refractivity contribution < 1.29 is 9.53 Å². The van der Waals surface area contributed by atoms with Gasteiger partial charge >= 0.3 is 0 Å². The molecule has 86 valence electrons. The van der Waals surface area contributed by atoms with Crippen LogP contribution in [0.15, 0.2) is 0 Å². The van der Waals surface area contributed by atoms with Gasteiger partial charge in [0.25, 0.3) is 0 Å². The highest BCUT2D eigenvalue weighted by Crippen LogP contribution is 2.33. The fourth-order valence-corrected chi connectivity index (χ4v) is 2.39. The molecule has 0 aromatic carbocycles. The molecule has 2 saturated heterocycles. The molecule has 4 nitrogen and oxygen atoms in total. The molecule has 2 rings (SSSR count). The summed E-state index contributed by atoms with van der Waals surface area (Å²) in [6, 6.07) is 0. The summed E-state index contributed by atoms with van der Waals surface area (Å²) in [5, 5.41) is 0. The van der Waals surface area contributed by atoms with Crippen molar-refractivity contribution in [2.24, 2.45) is 5.92 Å². The first-order chi connectivity index (χ1) is 6.92. The number of likely N-dealkylation sites (tertiary alicyclic amines) is 1. The predicted octanol–water partition coefficient (Wildman–Crippen LogP) is 0.531. The predicted molar refractivity (Wildman–Crippen MR) is 57.3 cm³/mol. The molecule has 0 aliphatic carbocycles. The van der Waals surface area contributed by atoms with Gasteiger partial charge in [0, 0.05) is 31.5 Å². The summed E-state index contributed by atoms with van der Waals surface area (Å²) in [7, 11) is 3.95. The van der Waals surface area contributed by atoms with Crippen molar-refractivity contribution in [1.82, 2.24) is 9.80 Å². The van der Waals surface area contributed by atoms with Crippen molar-refractivity contribution in [3.05, 3.63) is 0 Å². The Hall–Kier alpha value is -0.610. The zero-order valence-electron chi connectivity index (χ0n) is 9.99. The number of hydrogen-bond acceptors (Lipinski definition) is 3. The number of rotatable bonds is 1. The third-order valence-corrected chi connectivity index (χ3v) is 3.72. The van der Waals surface area contributed by atoms with Crippen LogP contribution in [0.5, 0.6) is 0 Å². The van der Waals surface area contributed by atoms with Crippen LogP contribution in [-0.4, -0.2) is 54.7 Å². The minimum atomic E-state index is 0.0921. The van der Waals surface area contributed by atoms with Gasteiger partial charge in [0.1, 0.15) is 6.23 Å². The number of likely N-dealkylation sites (N-methyl/N-ethyl adjacent to an activating group) is 1. The summed E-state index contributed by atoms with van der Waals surface area (Å²) in [6.07, 6.45) is 0.732. The quantitative estimate of drug-likeness (QED) is 0.635. The van der Waals surface area contributed by atoms with Gasteiger partial charge in [-0.3, -0.25) is 9.69 Å². The van der Waals surface area contributed by atoms with Crippen LogP contribution in [0.1, 0.15) is 20.3 Å². The average molecular weight is 212 g/mol. The second-order valence-electron chi connectivity index (χ2n) is 5.36. The number of carbonyl (C=O) groups excluding carboxylic acids is 1. The highest BCUT2D eigenvalue weighted by molar-refractivity contribution is 5.78. The first-order valence-electron chi connectivity index (χ1n) is 5.50. The molecule has 0 radical (unpaired) electrons. The summed E-state index contributed by atoms with van der Waals surface area (Å²) in [5.41, 5.74) is 0.0921. The van der Waals surface area contributed by atoms with Gasteiger partial charge in [-0.05, 0) is 20.9 Å². The second kappa shape index (κ2) is 3.46. The van der Waals surface area contributed by atoms with Crippen molar-refractivity contribution in [2.75, 3.05) is 27.2 Å². The topological polar surface area (TPSA) is 32.8 Å². The van der Waals surface area contributed by atoms with E-state index < -0.39 is 0 Å². The Labute approximate surface area is 91.2 Å². The van der Waals surface area contributed by atoms with Crippen LogP contribution in [0.25, 0.3) is 0 Å². The molecule has 2 atom stereocenters. The molecular weight excluding hydrogens is 192 g/mol. The maximum Gasteiger partial charge on any atom is 0.222 e. The standard InChI is InChI=1S/C11H20N2O2/c1-11(2)7-15-10(13(11)4)8-5-9(14)12(3)6-8/h8,10H,5-7H2,1-4H3. The largest absolute Gasteiger partial charge is 0.361 e. The van der Waals surface area contributed by atoms with E-state index in [1.54, 1.807) is 4.90 Å². The Bertz CT molecular complexity index is 278. The summed E-state index contributed by atoms with van der Waals surface area (Å²) < 4.78 is 5.81. The smallest absolute Gasteiger partial charge is 0.222 e. The fraction of sp³-hybridized carbons (Fsp3) is 0.909. The van der Waals surface area contributed by atoms with Gasteiger partial charge in [-0.15, -0.1) is 0 Å². The lowest BCUT2D eigenvalue weighted by molar-refractivity contribution is -0.126. The lowest BCUT2D eigenvalue weighted by Crippen LogP contribution is -2.44. The van der Waals surface area contributed by atoms with E-state index in [4.69, 9.17) is 4.74 Å². The van der Waals surface area contributed by atoms with Crippen LogP contribution in [-0.2, 0) is 9.53 Å². The first kappa shape index (κ1) is 10.9. The molecule has 0 aromatic rings. The molecule has 0 bridgehead atoms. The van der Waals surface area contributed by atoms with E-state index >= 15 is 0 Å². The Morgan fingerprint density at radius 2 is 2.07 bits per heavy atom. The molecule has 0 saturated carbocycles. The molecule has 4 heteroatoms. The summed E-state index contributed by atoms with van der Waals surface area (Å²) in [6.45, 7) is 5.92. The fourth-order valence-electron chi connectivity index (χ4n) is 2.39. The van der Waals surface area contributed by atoms with E-state index in [-0.39, 0.29) is 17.7 Å². The Balaban J connectivity index is 2.05. The van der Waals surface area contributed by atoms with E-state index in [0.717, 1.165) is 13.2 Å². The first-order valence-corrected chi connectivity index (χ1v) is 5.50. The number of carbonyl (C=O) groups is 1. The highest BCUT2D eigenvalue weighted by Gasteiger charge is 2.44. The van der Waals surface area contributed by atoms with Crippen molar-refractivity contribution in [3.63, 3.8) is 0 Å². The van der Waals surface area contributed by atoms with Crippen molar-refractivity contribution >= 4 is 5.91 Å². The van der Waals surface area contributed by atoms with Gasteiger partial charge in [0.2, 0.25) is 5.91 Å². The van der Waals surface area contributed by atoms with Gasteiger partial charge in [-0.25, -0.2) is 0 Å². The monoisotopic (exact) mass is 212 g/mol. The van der Waals surface area contributed by atoms with Crippen LogP contribution in [0.2, 0.25) is 0 Å². The Morgan fingerprint density at radius 3 is 2.47 bits per heavy atom. The molecule has 1 amide bonds. The minimum Gasteiger partial charge on any atom is -0.361 e. The Morgan fingerprint density at radius 1 is 1.40 bits per heavy atom. The maximum atomic E-state index is 11.5. The molecule has 0 aromatic heterocycles. The molecule has 0 N–H and O–H groups in total. The van der Waals surface area contributed by atoms with E-state index in [1.807, 2.05) is 7.05 Å². The number of ether oxygens (including phenoxy) is 1. The van der Waals surface area contributed by atoms with Gasteiger partial charge < -0.3 is 9.64 Å². The molecule has 2 unspecified atom stereocenters. The molecule has 15 heavy (non-hydrogen) atoms. The summed E-state index contributed by atoms with van der Waals surface area (Å²) in [4.78, 5) is 15.5. The molecule has 2 aliphatic rings. The third-order valence-electron chi connectivity index (χ3n) is 3.72. The molecular formula is C11H20N2O2. The second-order valence-corrected chi connectivity index (χ2v) is 5.36. The lowest BCUT2D eigenvalue weighted by Gasteiger charge is -2.31. The minimum absolute atomic E-state index is 0.0921. The van der Waals surface area contributed by atoms with Crippen LogP contribution in [0.3, 0.4) is 0 Å². The van der Waals surface area contributed by atoms with E-state index in [1.165, 1.54) is 0 Å². The van der Waals surface area contributed by atoms with Crippen LogP contribution < -0.4 is 0 Å². The summed E-state index contributed by atoms with van der Waals surface area (Å²) >= 11 is 0. The van der Waals surface area contributed by atoms with Gasteiger partial charge in [-0.2, -0.15) is 0 Å². The van der Waals surface area contributed by atoms with Crippen LogP contribution in [0.4, 0.5) is 0 Å². The van der Waals surface area contributed by atoms with E-state index in [2.05, 4.69) is 25.8 Å². The number of hydrogen-bond donors (Lipinski definition) is 0. The molecule has 2 heterocycles. The third kappa shape index (κ3) is 1.76. The zero-order valence-corrected chi connectivity index (χ0v) is 9.99. The highest BCUT2D eigenvalue weighted by atomic mass is 16.5.